The summed E-state index contributed by atoms with van der Waals surface area (Å²) < 4.78 is 10.7. The van der Waals surface area contributed by atoms with Gasteiger partial charge in [0.05, 0.1) is 14.2 Å². The summed E-state index contributed by atoms with van der Waals surface area (Å²) in [7, 11) is 5.17. The molecule has 3 rings (SSSR count). The van der Waals surface area contributed by atoms with Crippen LogP contribution in [0.25, 0.3) is 0 Å². The number of hydrogen-bond donors (Lipinski definition) is 1. The summed E-state index contributed by atoms with van der Waals surface area (Å²) in [6, 6.07) is 16.6. The number of guanidine groups is 1. The van der Waals surface area contributed by atoms with Crippen molar-refractivity contribution in [2.45, 2.75) is 18.9 Å². The van der Waals surface area contributed by atoms with Crippen molar-refractivity contribution in [2.24, 2.45) is 4.99 Å². The van der Waals surface area contributed by atoms with Crippen molar-refractivity contribution in [3.8, 4) is 11.5 Å². The van der Waals surface area contributed by atoms with Crippen LogP contribution in [-0.2, 0) is 6.54 Å². The summed E-state index contributed by atoms with van der Waals surface area (Å²) in [5.41, 5.74) is 2.48. The maximum absolute atomic E-state index is 5.48. The number of halogens is 1. The fraction of sp³-hybridized carbons (Fsp3) is 0.381. The molecule has 5 nitrogen and oxygen atoms in total. The number of ether oxygens (including phenoxy) is 2. The van der Waals surface area contributed by atoms with Crippen molar-refractivity contribution in [1.29, 1.82) is 0 Å². The molecule has 0 aromatic heterocycles. The van der Waals surface area contributed by atoms with Crippen LogP contribution in [0.2, 0.25) is 0 Å². The van der Waals surface area contributed by atoms with Gasteiger partial charge in [0.2, 0.25) is 0 Å². The van der Waals surface area contributed by atoms with E-state index in [2.05, 4.69) is 45.5 Å². The third-order valence-electron chi connectivity index (χ3n) is 4.90. The van der Waals surface area contributed by atoms with Gasteiger partial charge in [0.15, 0.2) is 5.96 Å². The van der Waals surface area contributed by atoms with Crippen LogP contribution in [0.15, 0.2) is 53.5 Å². The Labute approximate surface area is 178 Å². The molecule has 0 saturated carbocycles. The number of hydrogen-bond acceptors (Lipinski definition) is 3. The maximum Gasteiger partial charge on any atom is 0.193 e. The van der Waals surface area contributed by atoms with Gasteiger partial charge in [0.1, 0.15) is 11.5 Å². The predicted molar refractivity (Wildman–Crippen MR) is 121 cm³/mol. The second kappa shape index (κ2) is 10.4. The molecule has 1 aliphatic heterocycles. The van der Waals surface area contributed by atoms with Gasteiger partial charge in [0.25, 0.3) is 0 Å². The average molecular weight is 481 g/mol. The van der Waals surface area contributed by atoms with E-state index in [1.54, 1.807) is 14.2 Å². The van der Waals surface area contributed by atoms with E-state index in [-0.39, 0.29) is 24.0 Å². The van der Waals surface area contributed by atoms with E-state index in [9.17, 15) is 0 Å². The molecule has 0 amide bonds. The second-order valence-corrected chi connectivity index (χ2v) is 6.42. The monoisotopic (exact) mass is 481 g/mol. The van der Waals surface area contributed by atoms with Crippen molar-refractivity contribution in [3.63, 3.8) is 0 Å². The second-order valence-electron chi connectivity index (χ2n) is 6.42. The number of likely N-dealkylation sites (tertiary alicyclic amines) is 1. The molecule has 0 aliphatic carbocycles. The highest BCUT2D eigenvalue weighted by Crippen LogP contribution is 2.27. The highest BCUT2D eigenvalue weighted by Gasteiger charge is 2.25. The van der Waals surface area contributed by atoms with E-state index < -0.39 is 0 Å². The molecular weight excluding hydrogens is 453 g/mol. The van der Waals surface area contributed by atoms with Crippen LogP contribution in [0.1, 0.15) is 23.5 Å². The van der Waals surface area contributed by atoms with E-state index in [0.717, 1.165) is 42.5 Å². The molecule has 1 heterocycles. The summed E-state index contributed by atoms with van der Waals surface area (Å²) >= 11 is 0. The molecule has 1 atom stereocenters. The third kappa shape index (κ3) is 5.28. The topological polar surface area (TPSA) is 46.1 Å². The van der Waals surface area contributed by atoms with Gasteiger partial charge >= 0.3 is 0 Å². The summed E-state index contributed by atoms with van der Waals surface area (Å²) in [4.78, 5) is 6.80. The molecule has 0 bridgehead atoms. The predicted octanol–water partition coefficient (Wildman–Crippen LogP) is 3.89. The van der Waals surface area contributed by atoms with E-state index in [1.165, 1.54) is 5.56 Å². The molecule has 1 saturated heterocycles. The number of aliphatic imine (C=N–C) groups is 1. The molecule has 6 heteroatoms. The SMILES string of the molecule is CN=C(NCc1ccc(OC)cc1OC)N1CCC(c2ccccc2)C1.I. The zero-order valence-corrected chi connectivity index (χ0v) is 18.5. The Hall–Kier alpha value is -1.96. The zero-order chi connectivity index (χ0) is 18.4. The van der Waals surface area contributed by atoms with Crippen LogP contribution in [0.5, 0.6) is 11.5 Å². The summed E-state index contributed by atoms with van der Waals surface area (Å²) in [5, 5.41) is 3.47. The molecule has 0 spiro atoms. The third-order valence-corrected chi connectivity index (χ3v) is 4.90. The molecule has 1 N–H and O–H groups in total. The van der Waals surface area contributed by atoms with Gasteiger partial charge in [-0.15, -0.1) is 24.0 Å². The van der Waals surface area contributed by atoms with E-state index >= 15 is 0 Å². The van der Waals surface area contributed by atoms with Crippen molar-refractivity contribution < 1.29 is 9.47 Å². The standard InChI is InChI=1S/C21H27N3O2.HI/c1-22-21(23-14-17-9-10-19(25-2)13-20(17)26-3)24-12-11-18(15-24)16-7-5-4-6-8-16;/h4-10,13,18H,11-12,14-15H2,1-3H3,(H,22,23);1H. The molecule has 0 radical (unpaired) electrons. The quantitative estimate of drug-likeness (QED) is 0.400. The summed E-state index contributed by atoms with van der Waals surface area (Å²) in [6.45, 7) is 2.66. The van der Waals surface area contributed by atoms with Crippen LogP contribution in [0, 0.1) is 0 Å². The van der Waals surface area contributed by atoms with Crippen LogP contribution < -0.4 is 14.8 Å². The van der Waals surface area contributed by atoms with E-state index in [1.807, 2.05) is 25.2 Å². The first-order valence-electron chi connectivity index (χ1n) is 8.96. The lowest BCUT2D eigenvalue weighted by Gasteiger charge is -2.22. The van der Waals surface area contributed by atoms with Gasteiger partial charge in [-0.1, -0.05) is 30.3 Å². The highest BCUT2D eigenvalue weighted by atomic mass is 127. The van der Waals surface area contributed by atoms with Crippen LogP contribution in [0.3, 0.4) is 0 Å². The van der Waals surface area contributed by atoms with Gasteiger partial charge < -0.3 is 19.7 Å². The normalized spacial score (nSPS) is 16.6. The Balaban J connectivity index is 0.00000261. The van der Waals surface area contributed by atoms with Gasteiger partial charge in [-0.25, -0.2) is 0 Å². The Bertz CT molecular complexity index is 752. The summed E-state index contributed by atoms with van der Waals surface area (Å²) in [6.07, 6.45) is 1.15. The average Bonchev–Trinajstić information content (AvgIpc) is 3.19. The Morgan fingerprint density at radius 2 is 1.93 bits per heavy atom. The molecule has 2 aromatic carbocycles. The molecule has 27 heavy (non-hydrogen) atoms. The zero-order valence-electron chi connectivity index (χ0n) is 16.1. The Morgan fingerprint density at radius 1 is 1.15 bits per heavy atom. The Morgan fingerprint density at radius 3 is 2.59 bits per heavy atom. The number of nitrogens with one attached hydrogen (secondary N) is 1. The molecule has 1 fully saturated rings. The Kier molecular flexibility index (Phi) is 8.22. The first-order valence-corrected chi connectivity index (χ1v) is 8.96. The van der Waals surface area contributed by atoms with Gasteiger partial charge in [-0.05, 0) is 24.1 Å². The highest BCUT2D eigenvalue weighted by molar-refractivity contribution is 14.0. The maximum atomic E-state index is 5.48. The lowest BCUT2D eigenvalue weighted by Crippen LogP contribution is -2.39. The minimum Gasteiger partial charge on any atom is -0.497 e. The van der Waals surface area contributed by atoms with Gasteiger partial charge in [0, 0.05) is 44.2 Å². The van der Waals surface area contributed by atoms with E-state index in [0.29, 0.717) is 12.5 Å². The molecule has 1 aliphatic rings. The van der Waals surface area contributed by atoms with Gasteiger partial charge in [-0.3, -0.25) is 4.99 Å². The number of methoxy groups -OCH3 is 2. The molecule has 146 valence electrons. The lowest BCUT2D eigenvalue weighted by molar-refractivity contribution is 0.390. The lowest BCUT2D eigenvalue weighted by atomic mass is 9.99. The fourth-order valence-corrected chi connectivity index (χ4v) is 3.45. The van der Waals surface area contributed by atoms with Crippen molar-refractivity contribution in [3.05, 3.63) is 59.7 Å². The number of benzene rings is 2. The van der Waals surface area contributed by atoms with Crippen LogP contribution >= 0.6 is 24.0 Å². The van der Waals surface area contributed by atoms with Crippen LogP contribution in [-0.4, -0.2) is 45.2 Å². The first-order chi connectivity index (χ1) is 12.7. The number of rotatable bonds is 5. The van der Waals surface area contributed by atoms with E-state index in [4.69, 9.17) is 9.47 Å². The minimum atomic E-state index is 0. The van der Waals surface area contributed by atoms with Crippen molar-refractivity contribution in [1.82, 2.24) is 10.2 Å². The van der Waals surface area contributed by atoms with Crippen molar-refractivity contribution >= 4 is 29.9 Å². The van der Waals surface area contributed by atoms with Gasteiger partial charge in [-0.2, -0.15) is 0 Å². The minimum absolute atomic E-state index is 0. The van der Waals surface area contributed by atoms with Crippen LogP contribution in [0.4, 0.5) is 0 Å². The smallest absolute Gasteiger partial charge is 0.193 e. The molecule has 1 unspecified atom stereocenters. The number of nitrogens with zero attached hydrogens (tertiary/aromatic N) is 2. The largest absolute Gasteiger partial charge is 0.497 e. The van der Waals surface area contributed by atoms with Crippen molar-refractivity contribution in [2.75, 3.05) is 34.4 Å². The summed E-state index contributed by atoms with van der Waals surface area (Å²) in [5.74, 6) is 3.10. The first kappa shape index (κ1) is 21.3. The molecular formula is C21H28IN3O2. The molecule has 2 aromatic rings. The fourth-order valence-electron chi connectivity index (χ4n) is 3.45.